The first-order chi connectivity index (χ1) is 16.2. The Labute approximate surface area is 191 Å². The number of rotatable bonds is 5. The molecule has 2 N–H and O–H groups in total. The van der Waals surface area contributed by atoms with Gasteiger partial charge in [-0.05, 0) is 60.7 Å². The summed E-state index contributed by atoms with van der Waals surface area (Å²) in [6.07, 6.45) is 4.48. The average molecular weight is 439 g/mol. The van der Waals surface area contributed by atoms with E-state index in [1.807, 2.05) is 24.3 Å². The van der Waals surface area contributed by atoms with Crippen LogP contribution in [0.2, 0.25) is 0 Å². The van der Waals surface area contributed by atoms with Crippen molar-refractivity contribution < 1.29 is 9.18 Å². The van der Waals surface area contributed by atoms with Crippen LogP contribution in [-0.4, -0.2) is 15.9 Å². The fourth-order valence-electron chi connectivity index (χ4n) is 4.26. The van der Waals surface area contributed by atoms with Gasteiger partial charge in [0.2, 0.25) is 0 Å². The summed E-state index contributed by atoms with van der Waals surface area (Å²) in [6.45, 7) is 0. The Morgan fingerprint density at radius 2 is 1.82 bits per heavy atom. The summed E-state index contributed by atoms with van der Waals surface area (Å²) < 4.78 is 13.6. The van der Waals surface area contributed by atoms with Crippen LogP contribution in [0.5, 0.6) is 0 Å². The van der Waals surface area contributed by atoms with Crippen molar-refractivity contribution in [1.82, 2.24) is 15.3 Å². The largest absolute Gasteiger partial charge is 0.345 e. The molecule has 1 amide bonds. The maximum Gasteiger partial charge on any atom is 0.251 e. The van der Waals surface area contributed by atoms with E-state index in [1.54, 1.807) is 30.3 Å². The smallest absolute Gasteiger partial charge is 0.251 e. The number of carbonyl (C=O) groups is 1. The molecule has 0 radical (unpaired) electrons. The summed E-state index contributed by atoms with van der Waals surface area (Å²) in [6, 6.07) is 23.6. The molecule has 1 aromatic heterocycles. The third kappa shape index (κ3) is 4.75. The molecule has 3 aromatic carbocycles. The zero-order valence-corrected chi connectivity index (χ0v) is 18.0. The lowest BCUT2D eigenvalue weighted by molar-refractivity contribution is 0.0933. The van der Waals surface area contributed by atoms with Gasteiger partial charge in [0.25, 0.3) is 5.91 Å². The summed E-state index contributed by atoms with van der Waals surface area (Å²) in [5.41, 5.74) is 5.09. The van der Waals surface area contributed by atoms with Gasteiger partial charge >= 0.3 is 0 Å². The van der Waals surface area contributed by atoms with Crippen LogP contribution < -0.4 is 10.6 Å². The van der Waals surface area contributed by atoms with E-state index >= 15 is 0 Å². The summed E-state index contributed by atoms with van der Waals surface area (Å²) in [5, 5.41) is 6.41. The topological polar surface area (TPSA) is 66.9 Å². The van der Waals surface area contributed by atoms with Crippen LogP contribution in [0.25, 0.3) is 11.3 Å². The second-order valence-corrected chi connectivity index (χ2v) is 8.12. The highest BCUT2D eigenvalue weighted by molar-refractivity contribution is 5.95. The lowest BCUT2D eigenvalue weighted by Gasteiger charge is -2.26. The second-order valence-electron chi connectivity index (χ2n) is 8.12. The Morgan fingerprint density at radius 3 is 2.73 bits per heavy atom. The summed E-state index contributed by atoms with van der Waals surface area (Å²) in [7, 11) is 0. The molecule has 1 aliphatic rings. The Balaban J connectivity index is 1.32. The maximum atomic E-state index is 13.6. The van der Waals surface area contributed by atoms with Gasteiger partial charge in [0.05, 0.1) is 11.7 Å². The first-order valence-electron chi connectivity index (χ1n) is 11.0. The minimum atomic E-state index is -0.320. The van der Waals surface area contributed by atoms with Gasteiger partial charge in [-0.1, -0.05) is 42.5 Å². The molecule has 0 bridgehead atoms. The van der Waals surface area contributed by atoms with Crippen molar-refractivity contribution in [2.45, 2.75) is 25.3 Å². The molecule has 0 saturated heterocycles. The van der Waals surface area contributed by atoms with Crippen molar-refractivity contribution in [3.8, 4) is 11.3 Å². The predicted octanol–water partition coefficient (Wildman–Crippen LogP) is 5.83. The van der Waals surface area contributed by atoms with Crippen LogP contribution in [-0.2, 0) is 6.42 Å². The van der Waals surface area contributed by atoms with Crippen molar-refractivity contribution in [3.05, 3.63) is 108 Å². The monoisotopic (exact) mass is 438 g/mol. The molecular formula is C27H23FN4O. The van der Waals surface area contributed by atoms with Gasteiger partial charge in [-0.15, -0.1) is 0 Å². The van der Waals surface area contributed by atoms with Gasteiger partial charge in [0, 0.05) is 22.9 Å². The number of halogens is 1. The highest BCUT2D eigenvalue weighted by Gasteiger charge is 2.22. The average Bonchev–Trinajstić information content (AvgIpc) is 2.85. The number of aromatic nitrogens is 2. The number of nitrogens with zero attached hydrogens (tertiary/aromatic N) is 2. The molecule has 164 valence electrons. The van der Waals surface area contributed by atoms with E-state index in [0.29, 0.717) is 22.6 Å². The van der Waals surface area contributed by atoms with Crippen molar-refractivity contribution in [3.63, 3.8) is 0 Å². The first kappa shape index (κ1) is 20.8. The molecule has 5 rings (SSSR count). The Morgan fingerprint density at radius 1 is 0.939 bits per heavy atom. The second kappa shape index (κ2) is 9.20. The first-order valence-corrected chi connectivity index (χ1v) is 11.0. The Bertz CT molecular complexity index is 1310. The lowest BCUT2D eigenvalue weighted by atomic mass is 9.87. The zero-order chi connectivity index (χ0) is 22.6. The third-order valence-corrected chi connectivity index (χ3v) is 5.86. The molecule has 4 aromatic rings. The van der Waals surface area contributed by atoms with Crippen LogP contribution in [0, 0.1) is 5.82 Å². The highest BCUT2D eigenvalue weighted by Crippen LogP contribution is 2.30. The molecule has 1 unspecified atom stereocenters. The number of hydrogen-bond donors (Lipinski definition) is 2. The fourth-order valence-corrected chi connectivity index (χ4v) is 4.26. The number of fused-ring (bicyclic) bond motifs is 1. The van der Waals surface area contributed by atoms with Crippen molar-refractivity contribution in [1.29, 1.82) is 0 Å². The number of benzene rings is 3. The lowest BCUT2D eigenvalue weighted by Crippen LogP contribution is -2.31. The minimum absolute atomic E-state index is 0.0229. The molecule has 33 heavy (non-hydrogen) atoms. The molecule has 0 spiro atoms. The molecule has 1 heterocycles. The molecule has 0 saturated carbocycles. The van der Waals surface area contributed by atoms with Gasteiger partial charge in [-0.3, -0.25) is 4.79 Å². The number of amides is 1. The third-order valence-electron chi connectivity index (χ3n) is 5.86. The van der Waals surface area contributed by atoms with Crippen molar-refractivity contribution in [2.24, 2.45) is 0 Å². The zero-order valence-electron chi connectivity index (χ0n) is 18.0. The SMILES string of the molecule is O=C(NC1CCCc2ccccc21)c1cccc(Nc2cc(-c3cccc(F)c3)ncn2)c1. The Hall–Kier alpha value is -4.06. The summed E-state index contributed by atoms with van der Waals surface area (Å²) in [5.74, 6) is 0.131. The van der Waals surface area contributed by atoms with Gasteiger partial charge in [-0.2, -0.15) is 0 Å². The number of carbonyl (C=O) groups excluding carboxylic acids is 1. The molecule has 0 aliphatic heterocycles. The van der Waals surface area contributed by atoms with Crippen LogP contribution in [0.3, 0.4) is 0 Å². The van der Waals surface area contributed by atoms with Gasteiger partial charge < -0.3 is 10.6 Å². The minimum Gasteiger partial charge on any atom is -0.345 e. The van der Waals surface area contributed by atoms with E-state index < -0.39 is 0 Å². The predicted molar refractivity (Wildman–Crippen MR) is 127 cm³/mol. The van der Waals surface area contributed by atoms with E-state index in [1.165, 1.54) is 29.6 Å². The standard InChI is InChI=1S/C27H23FN4O/c28-21-10-3-8-19(14-21)25-16-26(30-17-29-25)31-22-11-4-9-20(15-22)27(33)32-24-13-5-7-18-6-1-2-12-23(18)24/h1-4,6,8-12,14-17,24H,5,7,13H2,(H,32,33)(H,29,30,31). The molecule has 1 atom stereocenters. The van der Waals surface area contributed by atoms with Crippen LogP contribution in [0.15, 0.2) is 85.2 Å². The molecular weight excluding hydrogens is 415 g/mol. The fraction of sp³-hybridized carbons (Fsp3) is 0.148. The van der Waals surface area contributed by atoms with E-state index in [9.17, 15) is 9.18 Å². The summed E-state index contributed by atoms with van der Waals surface area (Å²) >= 11 is 0. The molecule has 6 heteroatoms. The van der Waals surface area contributed by atoms with Crippen LogP contribution in [0.4, 0.5) is 15.9 Å². The van der Waals surface area contributed by atoms with Gasteiger partial charge in [-0.25, -0.2) is 14.4 Å². The highest BCUT2D eigenvalue weighted by atomic mass is 19.1. The normalized spacial score (nSPS) is 14.9. The number of hydrogen-bond acceptors (Lipinski definition) is 4. The molecule has 1 aliphatic carbocycles. The number of nitrogens with one attached hydrogen (secondary N) is 2. The Kier molecular flexibility index (Phi) is 5.81. The van der Waals surface area contributed by atoms with E-state index in [0.717, 1.165) is 24.9 Å². The van der Waals surface area contributed by atoms with Gasteiger partial charge in [0.1, 0.15) is 18.0 Å². The molecule has 5 nitrogen and oxygen atoms in total. The molecule has 0 fully saturated rings. The van der Waals surface area contributed by atoms with Crippen molar-refractivity contribution >= 4 is 17.4 Å². The number of aryl methyl sites for hydroxylation is 1. The quantitative estimate of drug-likeness (QED) is 0.411. The van der Waals surface area contributed by atoms with Crippen LogP contribution in [0.1, 0.15) is 40.4 Å². The van der Waals surface area contributed by atoms with Gasteiger partial charge in [0.15, 0.2) is 0 Å². The van der Waals surface area contributed by atoms with E-state index in [-0.39, 0.29) is 17.8 Å². The van der Waals surface area contributed by atoms with E-state index in [4.69, 9.17) is 0 Å². The van der Waals surface area contributed by atoms with Crippen LogP contribution >= 0.6 is 0 Å². The van der Waals surface area contributed by atoms with E-state index in [2.05, 4.69) is 32.7 Å². The van der Waals surface area contributed by atoms with Crippen molar-refractivity contribution in [2.75, 3.05) is 5.32 Å². The summed E-state index contributed by atoms with van der Waals surface area (Å²) in [4.78, 5) is 21.5. The number of anilines is 2. The maximum absolute atomic E-state index is 13.6.